The van der Waals surface area contributed by atoms with Crippen LogP contribution >= 0.6 is 24.8 Å². The summed E-state index contributed by atoms with van der Waals surface area (Å²) >= 11 is 0. The van der Waals surface area contributed by atoms with E-state index >= 15 is 0 Å². The number of piperazine rings is 1. The molecule has 0 radical (unpaired) electrons. The SMILES string of the molecule is Cl.Cl.O=C(CCC1CCNC1)N1CCN(Cc2ccon2)CC1. The van der Waals surface area contributed by atoms with Crippen LogP contribution in [0.4, 0.5) is 0 Å². The molecule has 8 heteroatoms. The fourth-order valence-electron chi connectivity index (χ4n) is 3.15. The molecule has 1 aromatic heterocycles. The third-order valence-electron chi connectivity index (χ3n) is 4.53. The number of nitrogens with one attached hydrogen (secondary N) is 1. The lowest BCUT2D eigenvalue weighted by Crippen LogP contribution is -2.48. The standard InChI is InChI=1S/C15H24N4O2.2ClH/c20-15(2-1-13-3-5-16-11-13)19-8-6-18(7-9-19)12-14-4-10-21-17-14;;/h4,10,13,16H,1-3,5-9,11-12H2;2*1H. The van der Waals surface area contributed by atoms with Gasteiger partial charge in [-0.25, -0.2) is 0 Å². The number of amides is 1. The second kappa shape index (κ2) is 10.1. The van der Waals surface area contributed by atoms with E-state index in [1.807, 2.05) is 11.0 Å². The van der Waals surface area contributed by atoms with Crippen LogP contribution in [0.5, 0.6) is 0 Å². The van der Waals surface area contributed by atoms with Gasteiger partial charge in [0.05, 0.1) is 5.69 Å². The Balaban J connectivity index is 0.00000132. The van der Waals surface area contributed by atoms with Gasteiger partial charge in [0, 0.05) is 45.2 Å². The summed E-state index contributed by atoms with van der Waals surface area (Å²) in [6.07, 6.45) is 4.56. The highest BCUT2D eigenvalue weighted by molar-refractivity contribution is 5.85. The molecule has 23 heavy (non-hydrogen) atoms. The zero-order chi connectivity index (χ0) is 14.5. The van der Waals surface area contributed by atoms with Crippen LogP contribution in [-0.2, 0) is 11.3 Å². The highest BCUT2D eigenvalue weighted by atomic mass is 35.5. The van der Waals surface area contributed by atoms with Crippen molar-refractivity contribution in [2.24, 2.45) is 5.92 Å². The van der Waals surface area contributed by atoms with Crippen LogP contribution in [0.15, 0.2) is 16.9 Å². The number of carbonyl (C=O) groups is 1. The molecule has 0 aromatic carbocycles. The van der Waals surface area contributed by atoms with Crippen molar-refractivity contribution in [1.29, 1.82) is 0 Å². The lowest BCUT2D eigenvalue weighted by Gasteiger charge is -2.34. The van der Waals surface area contributed by atoms with Crippen LogP contribution in [0.1, 0.15) is 25.0 Å². The highest BCUT2D eigenvalue weighted by Crippen LogP contribution is 2.16. The van der Waals surface area contributed by atoms with Crippen molar-refractivity contribution in [3.63, 3.8) is 0 Å². The number of carbonyl (C=O) groups excluding carboxylic acids is 1. The molecule has 1 amide bonds. The fraction of sp³-hybridized carbons (Fsp3) is 0.733. The number of hydrogen-bond donors (Lipinski definition) is 1. The molecule has 2 aliphatic heterocycles. The van der Waals surface area contributed by atoms with Crippen molar-refractivity contribution in [3.8, 4) is 0 Å². The third kappa shape index (κ3) is 5.95. The maximum absolute atomic E-state index is 12.2. The molecule has 132 valence electrons. The summed E-state index contributed by atoms with van der Waals surface area (Å²) in [6, 6.07) is 1.90. The van der Waals surface area contributed by atoms with Crippen molar-refractivity contribution in [2.45, 2.75) is 25.8 Å². The van der Waals surface area contributed by atoms with E-state index in [0.717, 1.165) is 57.9 Å². The molecule has 1 atom stereocenters. The first-order valence-electron chi connectivity index (χ1n) is 7.91. The maximum Gasteiger partial charge on any atom is 0.222 e. The van der Waals surface area contributed by atoms with Gasteiger partial charge in [-0.2, -0.15) is 0 Å². The first-order chi connectivity index (χ1) is 10.3. The van der Waals surface area contributed by atoms with Crippen molar-refractivity contribution in [3.05, 3.63) is 18.0 Å². The molecule has 3 heterocycles. The molecule has 0 bridgehead atoms. The van der Waals surface area contributed by atoms with E-state index in [9.17, 15) is 4.79 Å². The van der Waals surface area contributed by atoms with E-state index < -0.39 is 0 Å². The van der Waals surface area contributed by atoms with E-state index in [0.29, 0.717) is 18.2 Å². The molecule has 1 aromatic rings. The summed E-state index contributed by atoms with van der Waals surface area (Å²) < 4.78 is 4.85. The Morgan fingerprint density at radius 1 is 1.30 bits per heavy atom. The predicted molar refractivity (Wildman–Crippen MR) is 93.1 cm³/mol. The molecule has 1 N–H and O–H groups in total. The Hall–Kier alpha value is -0.820. The zero-order valence-electron chi connectivity index (χ0n) is 13.3. The van der Waals surface area contributed by atoms with Crippen molar-refractivity contribution in [2.75, 3.05) is 39.3 Å². The minimum atomic E-state index is 0. The Morgan fingerprint density at radius 2 is 2.09 bits per heavy atom. The zero-order valence-corrected chi connectivity index (χ0v) is 14.9. The summed E-state index contributed by atoms with van der Waals surface area (Å²) in [7, 11) is 0. The Labute approximate surface area is 149 Å². The van der Waals surface area contributed by atoms with Gasteiger partial charge in [-0.1, -0.05) is 5.16 Å². The predicted octanol–water partition coefficient (Wildman–Crippen LogP) is 1.55. The first kappa shape index (κ1) is 20.2. The van der Waals surface area contributed by atoms with Crippen molar-refractivity contribution in [1.82, 2.24) is 20.3 Å². The van der Waals surface area contributed by atoms with Gasteiger partial charge in [0.1, 0.15) is 6.26 Å². The Kier molecular flexibility index (Phi) is 8.91. The van der Waals surface area contributed by atoms with E-state index in [-0.39, 0.29) is 24.8 Å². The summed E-state index contributed by atoms with van der Waals surface area (Å²) in [4.78, 5) is 16.6. The minimum absolute atomic E-state index is 0. The van der Waals surface area contributed by atoms with Crippen LogP contribution in [0.3, 0.4) is 0 Å². The van der Waals surface area contributed by atoms with Crippen LogP contribution in [0.25, 0.3) is 0 Å². The molecule has 2 aliphatic rings. The summed E-state index contributed by atoms with van der Waals surface area (Å²) in [5.41, 5.74) is 0.962. The topological polar surface area (TPSA) is 61.6 Å². The molecule has 2 saturated heterocycles. The monoisotopic (exact) mass is 364 g/mol. The van der Waals surface area contributed by atoms with Gasteiger partial charge in [0.15, 0.2) is 0 Å². The highest BCUT2D eigenvalue weighted by Gasteiger charge is 2.23. The van der Waals surface area contributed by atoms with E-state index in [1.165, 1.54) is 6.42 Å². The fourth-order valence-corrected chi connectivity index (χ4v) is 3.15. The maximum atomic E-state index is 12.2. The molecule has 0 aliphatic carbocycles. The van der Waals surface area contributed by atoms with E-state index in [1.54, 1.807) is 6.26 Å². The summed E-state index contributed by atoms with van der Waals surface area (Å²) in [5, 5.41) is 7.29. The number of hydrogen-bond acceptors (Lipinski definition) is 5. The molecular weight excluding hydrogens is 339 g/mol. The minimum Gasteiger partial charge on any atom is -0.364 e. The van der Waals surface area contributed by atoms with Gasteiger partial charge < -0.3 is 14.7 Å². The van der Waals surface area contributed by atoms with Gasteiger partial charge in [-0.05, 0) is 31.8 Å². The molecule has 3 rings (SSSR count). The smallest absolute Gasteiger partial charge is 0.222 e. The lowest BCUT2D eigenvalue weighted by molar-refractivity contribution is -0.133. The van der Waals surface area contributed by atoms with Crippen molar-refractivity contribution < 1.29 is 9.32 Å². The number of nitrogens with zero attached hydrogens (tertiary/aromatic N) is 3. The van der Waals surface area contributed by atoms with Crippen LogP contribution in [-0.4, -0.2) is 60.1 Å². The average Bonchev–Trinajstić information content (AvgIpc) is 3.19. The normalized spacial score (nSPS) is 21.6. The largest absolute Gasteiger partial charge is 0.364 e. The Morgan fingerprint density at radius 3 is 2.70 bits per heavy atom. The van der Waals surface area contributed by atoms with Gasteiger partial charge in [-0.15, -0.1) is 24.8 Å². The summed E-state index contributed by atoms with van der Waals surface area (Å²) in [5.74, 6) is 1.02. The van der Waals surface area contributed by atoms with Crippen LogP contribution in [0, 0.1) is 5.92 Å². The van der Waals surface area contributed by atoms with Crippen LogP contribution < -0.4 is 5.32 Å². The van der Waals surface area contributed by atoms with Gasteiger partial charge in [-0.3, -0.25) is 9.69 Å². The number of rotatable bonds is 5. The second-order valence-corrected chi connectivity index (χ2v) is 6.05. The quantitative estimate of drug-likeness (QED) is 0.858. The lowest BCUT2D eigenvalue weighted by atomic mass is 10.0. The molecule has 0 spiro atoms. The van der Waals surface area contributed by atoms with Crippen molar-refractivity contribution >= 4 is 30.7 Å². The van der Waals surface area contributed by atoms with Gasteiger partial charge >= 0.3 is 0 Å². The molecule has 1 unspecified atom stereocenters. The van der Waals surface area contributed by atoms with Crippen LogP contribution in [0.2, 0.25) is 0 Å². The Bertz CT molecular complexity index is 444. The molecular formula is C15H26Cl2N4O2. The van der Waals surface area contributed by atoms with Gasteiger partial charge in [0.2, 0.25) is 5.91 Å². The second-order valence-electron chi connectivity index (χ2n) is 6.05. The van der Waals surface area contributed by atoms with Gasteiger partial charge in [0.25, 0.3) is 0 Å². The molecule has 2 fully saturated rings. The first-order valence-corrected chi connectivity index (χ1v) is 7.91. The molecule has 6 nitrogen and oxygen atoms in total. The number of aromatic nitrogens is 1. The average molecular weight is 365 g/mol. The number of halogens is 2. The van der Waals surface area contributed by atoms with E-state index in [2.05, 4.69) is 15.4 Å². The molecule has 0 saturated carbocycles. The third-order valence-corrected chi connectivity index (χ3v) is 4.53. The van der Waals surface area contributed by atoms with E-state index in [4.69, 9.17) is 4.52 Å². The summed E-state index contributed by atoms with van der Waals surface area (Å²) in [6.45, 7) is 6.51.